The number of hydrogen-bond donors (Lipinski definition) is 0. The fraction of sp³-hybridized carbons (Fsp3) is 0.636. The lowest BCUT2D eigenvalue weighted by Gasteiger charge is -2.26. The van der Waals surface area contributed by atoms with Crippen LogP contribution in [0.15, 0.2) is 5.57 Å². The van der Waals surface area contributed by atoms with E-state index in [4.69, 9.17) is 9.47 Å². The molecular weight excluding hydrogens is 212 g/mol. The highest BCUT2D eigenvalue weighted by Gasteiger charge is 2.41. The molecule has 0 bridgehead atoms. The van der Waals surface area contributed by atoms with Crippen LogP contribution < -0.4 is 0 Å². The third kappa shape index (κ3) is 2.44. The Labute approximate surface area is 93.4 Å². The second kappa shape index (κ2) is 5.70. The summed E-state index contributed by atoms with van der Waals surface area (Å²) >= 11 is 0. The highest BCUT2D eigenvalue weighted by atomic mass is 16.5. The lowest BCUT2D eigenvalue weighted by molar-refractivity contribution is -0.144. The zero-order valence-electron chi connectivity index (χ0n) is 9.32. The minimum Gasteiger partial charge on any atom is -0.370 e. The molecule has 88 valence electrons. The molecule has 1 saturated carbocycles. The van der Waals surface area contributed by atoms with Crippen molar-refractivity contribution in [3.05, 3.63) is 5.57 Å². The first kappa shape index (κ1) is 12.8. The zero-order chi connectivity index (χ0) is 12.1. The van der Waals surface area contributed by atoms with Gasteiger partial charge in [0.1, 0.15) is 17.6 Å². The number of rotatable bonds is 4. The van der Waals surface area contributed by atoms with E-state index in [1.165, 1.54) is 5.94 Å². The number of Topliss-reactive ketones (excluding diaryl/α,β-unsaturated/α-hetero) is 2. The number of carbonyl (C=O) groups excluding carboxylic acids is 3. The van der Waals surface area contributed by atoms with Gasteiger partial charge in [-0.15, -0.1) is 0 Å². The summed E-state index contributed by atoms with van der Waals surface area (Å²) in [4.78, 5) is 34.0. The third-order valence-corrected chi connectivity index (χ3v) is 2.31. The van der Waals surface area contributed by atoms with Gasteiger partial charge in [0.05, 0.1) is 0 Å². The van der Waals surface area contributed by atoms with Gasteiger partial charge in [-0.05, 0) is 13.8 Å². The standard InChI is InChI=1S/C11H14O5/c1-3-15-9-5-8(13)11(16-4-2)7(6-12)10(9)14/h9,11H,3-5H2,1-2H3. The summed E-state index contributed by atoms with van der Waals surface area (Å²) in [7, 11) is 0. The van der Waals surface area contributed by atoms with E-state index in [2.05, 4.69) is 0 Å². The Balaban J connectivity index is 2.92. The maximum absolute atomic E-state index is 11.7. The average Bonchev–Trinajstić information content (AvgIpc) is 2.26. The molecule has 2 atom stereocenters. The van der Waals surface area contributed by atoms with E-state index >= 15 is 0 Å². The van der Waals surface area contributed by atoms with Crippen molar-refractivity contribution in [3.8, 4) is 0 Å². The highest BCUT2D eigenvalue weighted by Crippen LogP contribution is 2.21. The lowest BCUT2D eigenvalue weighted by atomic mass is 9.88. The van der Waals surface area contributed by atoms with Crippen LogP contribution in [0, 0.1) is 0 Å². The molecule has 1 rings (SSSR count). The van der Waals surface area contributed by atoms with Gasteiger partial charge >= 0.3 is 0 Å². The van der Waals surface area contributed by atoms with E-state index in [1.54, 1.807) is 13.8 Å². The molecule has 0 aromatic heterocycles. The van der Waals surface area contributed by atoms with E-state index in [9.17, 15) is 14.4 Å². The molecule has 0 aliphatic heterocycles. The summed E-state index contributed by atoms with van der Waals surface area (Å²) in [5.74, 6) is 0.701. The quantitative estimate of drug-likeness (QED) is 0.502. The minimum absolute atomic E-state index is 0.0392. The van der Waals surface area contributed by atoms with Crippen molar-refractivity contribution in [3.63, 3.8) is 0 Å². The number of carbonyl (C=O) groups is 2. The molecule has 2 unspecified atom stereocenters. The molecule has 0 aromatic carbocycles. The second-order valence-corrected chi connectivity index (χ2v) is 3.33. The van der Waals surface area contributed by atoms with Crippen molar-refractivity contribution in [1.29, 1.82) is 0 Å². The molecule has 0 amide bonds. The van der Waals surface area contributed by atoms with Crippen molar-refractivity contribution in [2.45, 2.75) is 32.5 Å². The van der Waals surface area contributed by atoms with Crippen molar-refractivity contribution < 1.29 is 23.9 Å². The first-order chi connectivity index (χ1) is 7.65. The molecule has 5 nitrogen and oxygen atoms in total. The highest BCUT2D eigenvalue weighted by molar-refractivity contribution is 6.15. The lowest BCUT2D eigenvalue weighted by Crippen LogP contribution is -2.44. The van der Waals surface area contributed by atoms with Gasteiger partial charge in [-0.25, -0.2) is 4.79 Å². The molecule has 0 saturated heterocycles. The number of hydrogen-bond acceptors (Lipinski definition) is 5. The topological polar surface area (TPSA) is 69.7 Å². The molecule has 16 heavy (non-hydrogen) atoms. The van der Waals surface area contributed by atoms with Crippen LogP contribution in [0.1, 0.15) is 20.3 Å². The van der Waals surface area contributed by atoms with Gasteiger partial charge in [0.25, 0.3) is 0 Å². The molecular formula is C11H14O5. The van der Waals surface area contributed by atoms with Crippen molar-refractivity contribution in [1.82, 2.24) is 0 Å². The summed E-state index contributed by atoms with van der Waals surface area (Å²) < 4.78 is 10.2. The van der Waals surface area contributed by atoms with Crippen LogP contribution in [0.25, 0.3) is 0 Å². The summed E-state index contributed by atoms with van der Waals surface area (Å²) in [6.45, 7) is 3.98. The van der Waals surface area contributed by atoms with Crippen molar-refractivity contribution >= 4 is 17.5 Å². The summed E-state index contributed by atoms with van der Waals surface area (Å²) in [6, 6.07) is 0. The molecule has 0 N–H and O–H groups in total. The number of ketones is 2. The predicted molar refractivity (Wildman–Crippen MR) is 54.7 cm³/mol. The summed E-state index contributed by atoms with van der Waals surface area (Å²) in [6.07, 6.45) is -1.96. The summed E-state index contributed by atoms with van der Waals surface area (Å²) in [5.41, 5.74) is -0.253. The van der Waals surface area contributed by atoms with Crippen LogP contribution in [0.3, 0.4) is 0 Å². The second-order valence-electron chi connectivity index (χ2n) is 3.33. The van der Waals surface area contributed by atoms with Crippen LogP contribution in [-0.2, 0) is 23.9 Å². The summed E-state index contributed by atoms with van der Waals surface area (Å²) in [5, 5.41) is 0. The molecule has 0 aromatic rings. The average molecular weight is 226 g/mol. The Kier molecular flexibility index (Phi) is 4.55. The zero-order valence-corrected chi connectivity index (χ0v) is 9.32. The smallest absolute Gasteiger partial charge is 0.202 e. The maximum Gasteiger partial charge on any atom is 0.202 e. The van der Waals surface area contributed by atoms with Crippen LogP contribution >= 0.6 is 0 Å². The van der Waals surface area contributed by atoms with Crippen LogP contribution in [0.4, 0.5) is 0 Å². The van der Waals surface area contributed by atoms with E-state index in [0.29, 0.717) is 6.61 Å². The molecule has 1 fully saturated rings. The molecule has 1 aliphatic carbocycles. The Morgan fingerprint density at radius 1 is 1.25 bits per heavy atom. The van der Waals surface area contributed by atoms with E-state index in [0.717, 1.165) is 0 Å². The largest absolute Gasteiger partial charge is 0.370 e. The van der Waals surface area contributed by atoms with Crippen LogP contribution in [-0.4, -0.2) is 42.9 Å². The first-order valence-corrected chi connectivity index (χ1v) is 5.20. The van der Waals surface area contributed by atoms with E-state index in [1.807, 2.05) is 0 Å². The SMILES string of the molecule is CCOC1CC(=O)C(OCC)C(=C=O)C1=O. The Hall–Kier alpha value is -1.29. The monoisotopic (exact) mass is 226 g/mol. The van der Waals surface area contributed by atoms with Gasteiger partial charge in [-0.3, -0.25) is 9.59 Å². The van der Waals surface area contributed by atoms with Crippen LogP contribution in [0.5, 0.6) is 0 Å². The van der Waals surface area contributed by atoms with Crippen LogP contribution in [0.2, 0.25) is 0 Å². The van der Waals surface area contributed by atoms with Gasteiger partial charge in [0.15, 0.2) is 11.9 Å². The molecule has 0 heterocycles. The molecule has 1 aliphatic rings. The Bertz CT molecular complexity index is 340. The van der Waals surface area contributed by atoms with Crippen molar-refractivity contribution in [2.24, 2.45) is 0 Å². The van der Waals surface area contributed by atoms with Gasteiger partial charge < -0.3 is 9.47 Å². The number of ether oxygens (including phenoxy) is 2. The minimum atomic E-state index is -1.06. The fourth-order valence-electron chi connectivity index (χ4n) is 1.63. The van der Waals surface area contributed by atoms with E-state index < -0.39 is 18.0 Å². The van der Waals surface area contributed by atoms with Gasteiger partial charge in [0, 0.05) is 19.6 Å². The molecule has 5 heteroatoms. The maximum atomic E-state index is 11.7. The van der Waals surface area contributed by atoms with Gasteiger partial charge in [-0.1, -0.05) is 0 Å². The first-order valence-electron chi connectivity index (χ1n) is 5.20. The predicted octanol–water partition coefficient (Wildman–Crippen LogP) is 0.0965. The fourth-order valence-corrected chi connectivity index (χ4v) is 1.63. The molecule has 0 spiro atoms. The normalized spacial score (nSPS) is 25.8. The molecule has 0 radical (unpaired) electrons. The van der Waals surface area contributed by atoms with E-state index in [-0.39, 0.29) is 24.4 Å². The van der Waals surface area contributed by atoms with Gasteiger partial charge in [-0.2, -0.15) is 0 Å². The third-order valence-electron chi connectivity index (χ3n) is 2.31. The Morgan fingerprint density at radius 3 is 2.38 bits per heavy atom. The van der Waals surface area contributed by atoms with Crippen molar-refractivity contribution in [2.75, 3.05) is 13.2 Å². The Morgan fingerprint density at radius 2 is 1.88 bits per heavy atom. The van der Waals surface area contributed by atoms with Gasteiger partial charge in [0.2, 0.25) is 5.78 Å².